The smallest absolute Gasteiger partial charge is 0.164 e. The molecule has 0 aliphatic heterocycles. The van der Waals surface area contributed by atoms with Gasteiger partial charge < -0.3 is 8.83 Å². The van der Waals surface area contributed by atoms with E-state index in [4.69, 9.17) is 38.7 Å². The van der Waals surface area contributed by atoms with Crippen LogP contribution in [0, 0.1) is 0 Å². The Hall–Kier alpha value is -13.3. The van der Waals surface area contributed by atoms with Crippen LogP contribution in [0.25, 0.3) is 196 Å². The van der Waals surface area contributed by atoms with E-state index in [2.05, 4.69) is 261 Å². The number of aromatic nitrogens is 6. The van der Waals surface area contributed by atoms with Crippen LogP contribution in [0.4, 0.5) is 0 Å². The molecule has 0 saturated heterocycles. The van der Waals surface area contributed by atoms with Gasteiger partial charge in [-0.15, -0.1) is 0 Å². The molecule has 1 aliphatic rings. The Morgan fingerprint density at radius 3 is 1.18 bits per heavy atom. The van der Waals surface area contributed by atoms with Crippen molar-refractivity contribution in [2.24, 2.45) is 0 Å². The molecule has 8 nitrogen and oxygen atoms in total. The molecular weight excluding hydrogens is 1220 g/mol. The summed E-state index contributed by atoms with van der Waals surface area (Å²) in [6.07, 6.45) is 6.20. The number of fused-ring (bicyclic) bond motifs is 8. The second kappa shape index (κ2) is 24.4. The molecule has 0 bridgehead atoms. The molecule has 468 valence electrons. The summed E-state index contributed by atoms with van der Waals surface area (Å²) in [6.45, 7) is 0. The van der Waals surface area contributed by atoms with Crippen LogP contribution in [0.15, 0.2) is 330 Å². The highest BCUT2D eigenvalue weighted by Crippen LogP contribution is 2.44. The summed E-state index contributed by atoms with van der Waals surface area (Å²) in [4.78, 5) is 31.5. The summed E-state index contributed by atoms with van der Waals surface area (Å²) < 4.78 is 13.2. The molecule has 0 spiro atoms. The predicted molar refractivity (Wildman–Crippen MR) is 408 cm³/mol. The van der Waals surface area contributed by atoms with Crippen LogP contribution < -0.4 is 0 Å². The van der Waals surface area contributed by atoms with Gasteiger partial charge in [-0.1, -0.05) is 291 Å². The van der Waals surface area contributed by atoms with Crippen LogP contribution in [0.5, 0.6) is 0 Å². The Bertz CT molecular complexity index is 6240. The van der Waals surface area contributed by atoms with Crippen molar-refractivity contribution in [1.29, 1.82) is 0 Å². The number of allylic oxidation sites excluding steroid dienone is 1. The van der Waals surface area contributed by atoms with Crippen molar-refractivity contribution in [2.45, 2.75) is 12.8 Å². The Balaban J connectivity index is 0.656. The molecule has 8 heteroatoms. The third-order valence-electron chi connectivity index (χ3n) is 19.5. The Morgan fingerprint density at radius 1 is 0.220 bits per heavy atom. The molecule has 100 heavy (non-hydrogen) atoms. The highest BCUT2D eigenvalue weighted by atomic mass is 16.3. The van der Waals surface area contributed by atoms with Crippen LogP contribution >= 0.6 is 0 Å². The number of hydrogen-bond donors (Lipinski definition) is 0. The summed E-state index contributed by atoms with van der Waals surface area (Å²) in [7, 11) is 0. The number of benzene rings is 14. The van der Waals surface area contributed by atoms with Gasteiger partial charge in [0.25, 0.3) is 0 Å². The van der Waals surface area contributed by atoms with Crippen molar-refractivity contribution in [3.63, 3.8) is 0 Å². The van der Waals surface area contributed by atoms with E-state index in [0.29, 0.717) is 34.9 Å². The van der Waals surface area contributed by atoms with Gasteiger partial charge in [-0.3, -0.25) is 0 Å². The second-order valence-electron chi connectivity index (χ2n) is 25.6. The van der Waals surface area contributed by atoms with Gasteiger partial charge in [-0.25, -0.2) is 29.9 Å². The van der Waals surface area contributed by atoms with Gasteiger partial charge in [-0.05, 0) is 131 Å². The predicted octanol–water partition coefficient (Wildman–Crippen LogP) is 24.0. The van der Waals surface area contributed by atoms with Gasteiger partial charge in [-0.2, -0.15) is 0 Å². The van der Waals surface area contributed by atoms with Crippen LogP contribution in [0.3, 0.4) is 0 Å². The van der Waals surface area contributed by atoms with Crippen molar-refractivity contribution in [3.8, 4) is 135 Å². The normalized spacial score (nSPS) is 12.1. The lowest BCUT2D eigenvalue weighted by molar-refractivity contribution is 0.546. The zero-order chi connectivity index (χ0) is 66.0. The largest absolute Gasteiger partial charge is 0.460 e. The SMILES string of the molecule is C1=Cc2c(oc3cccc(-c4nc(-c5ccc(-c6ccc7ccccc7c6)cc5)nc(-c5ccc6ccc(-c7ccccc7-c7ccc(-c8cccc9oc%10cccc(-c%11nc(-c%12ccccc%12)nc(-c%12ccc(-c%13ccc(-c%14ccccc%14)cc%13)cc%12)n%11)c%10c89)cc7)cc6c5)n4)c23)CC1. The molecule has 4 heterocycles. The summed E-state index contributed by atoms with van der Waals surface area (Å²) >= 11 is 0. The lowest BCUT2D eigenvalue weighted by atomic mass is 9.91. The molecule has 0 fully saturated rings. The monoisotopic (exact) mass is 1280 g/mol. The minimum Gasteiger partial charge on any atom is -0.460 e. The molecule has 4 aromatic heterocycles. The van der Waals surface area contributed by atoms with E-state index in [1.54, 1.807) is 0 Å². The Kier molecular flexibility index (Phi) is 14.2. The minimum absolute atomic E-state index is 0.559. The first-order valence-electron chi connectivity index (χ1n) is 33.8. The van der Waals surface area contributed by atoms with Crippen LogP contribution in [-0.4, -0.2) is 29.9 Å². The van der Waals surface area contributed by atoms with E-state index in [1.807, 2.05) is 66.7 Å². The van der Waals surface area contributed by atoms with Crippen molar-refractivity contribution >= 4 is 60.5 Å². The average molecular weight is 1280 g/mol. The zero-order valence-electron chi connectivity index (χ0n) is 54.1. The average Bonchev–Trinajstić information content (AvgIpc) is 1.55. The molecule has 0 unspecified atom stereocenters. The first-order valence-corrected chi connectivity index (χ1v) is 33.8. The van der Waals surface area contributed by atoms with Crippen LogP contribution in [0.2, 0.25) is 0 Å². The molecule has 1 aliphatic carbocycles. The number of aryl methyl sites for hydroxylation is 1. The Labute approximate surface area is 576 Å². The van der Waals surface area contributed by atoms with E-state index >= 15 is 0 Å². The summed E-state index contributed by atoms with van der Waals surface area (Å²) in [6, 6.07) is 111. The quantitative estimate of drug-likeness (QED) is 0.119. The first-order chi connectivity index (χ1) is 49.5. The molecule has 0 N–H and O–H groups in total. The van der Waals surface area contributed by atoms with Crippen molar-refractivity contribution in [1.82, 2.24) is 29.9 Å². The maximum Gasteiger partial charge on any atom is 0.164 e. The topological polar surface area (TPSA) is 104 Å². The highest BCUT2D eigenvalue weighted by Gasteiger charge is 2.24. The molecule has 0 saturated carbocycles. The van der Waals surface area contributed by atoms with Crippen molar-refractivity contribution in [3.05, 3.63) is 333 Å². The molecule has 0 amide bonds. The number of rotatable bonds is 12. The fourth-order valence-corrected chi connectivity index (χ4v) is 14.4. The zero-order valence-corrected chi connectivity index (χ0v) is 54.1. The van der Waals surface area contributed by atoms with E-state index < -0.39 is 0 Å². The van der Waals surface area contributed by atoms with Crippen LogP contribution in [-0.2, 0) is 6.42 Å². The molecule has 19 rings (SSSR count). The molecule has 14 aromatic carbocycles. The number of nitrogens with zero attached hydrogens (tertiary/aromatic N) is 6. The summed E-state index contributed by atoms with van der Waals surface area (Å²) in [5, 5.41) is 7.55. The van der Waals surface area contributed by atoms with Gasteiger partial charge in [0.1, 0.15) is 22.5 Å². The molecule has 18 aromatic rings. The third kappa shape index (κ3) is 10.6. The van der Waals surface area contributed by atoms with Gasteiger partial charge in [0.05, 0.1) is 0 Å². The lowest BCUT2D eigenvalue weighted by Gasteiger charge is -2.13. The van der Waals surface area contributed by atoms with E-state index in [-0.39, 0.29) is 0 Å². The first kappa shape index (κ1) is 58.1. The minimum atomic E-state index is 0.559. The maximum atomic E-state index is 6.73. The Morgan fingerprint density at radius 2 is 0.580 bits per heavy atom. The second-order valence-corrected chi connectivity index (χ2v) is 25.6. The molecule has 0 radical (unpaired) electrons. The van der Waals surface area contributed by atoms with Gasteiger partial charge in [0.15, 0.2) is 34.9 Å². The fourth-order valence-electron chi connectivity index (χ4n) is 14.4. The lowest BCUT2D eigenvalue weighted by Crippen LogP contribution is -2.01. The van der Waals surface area contributed by atoms with Gasteiger partial charge >= 0.3 is 0 Å². The van der Waals surface area contributed by atoms with E-state index in [1.165, 1.54) is 21.9 Å². The van der Waals surface area contributed by atoms with Gasteiger partial charge in [0, 0.05) is 61.5 Å². The standard InChI is InChI=1S/C92H58N6O2/c1-3-16-57(17-4-1)59-32-34-60(35-33-59)61-36-47-67(48-37-61)88-93-87(66-19-5-2-6-20-66)95-92(97-88)79-27-15-31-83-86(79)85-76(25-13-30-82(85)100-83)65-45-43-64(44-46-65)74-22-9-10-23-75(74)71-52-41-63-42-53-72(56-73(63)55-71)90-94-89(68-49-38-62(39-50-68)70-51-40-58-18-7-8-21-69(58)54-70)96-91(98-90)78-26-14-29-81-84(78)77-24-11-12-28-80(77)99-81/h1-11,13-27,29-56H,12,28H2. The van der Waals surface area contributed by atoms with Crippen molar-refractivity contribution < 1.29 is 8.83 Å². The number of furan rings is 2. The molecule has 0 atom stereocenters. The fraction of sp³-hybridized carbons (Fsp3) is 0.0217. The van der Waals surface area contributed by atoms with Crippen LogP contribution in [0.1, 0.15) is 17.7 Å². The summed E-state index contributed by atoms with van der Waals surface area (Å²) in [5.41, 5.74) is 22.2. The summed E-state index contributed by atoms with van der Waals surface area (Å²) in [5.74, 6) is 4.49. The van der Waals surface area contributed by atoms with E-state index in [0.717, 1.165) is 157 Å². The van der Waals surface area contributed by atoms with Crippen molar-refractivity contribution in [2.75, 3.05) is 0 Å². The maximum absolute atomic E-state index is 6.73. The number of hydrogen-bond acceptors (Lipinski definition) is 8. The third-order valence-corrected chi connectivity index (χ3v) is 19.5. The molecular formula is C92H58N6O2. The van der Waals surface area contributed by atoms with E-state index in [9.17, 15) is 0 Å². The highest BCUT2D eigenvalue weighted by molar-refractivity contribution is 6.17. The van der Waals surface area contributed by atoms with Gasteiger partial charge in [0.2, 0.25) is 0 Å².